The quantitative estimate of drug-likeness (QED) is 0.325. The van der Waals surface area contributed by atoms with Gasteiger partial charge in [-0.15, -0.1) is 24.0 Å². The summed E-state index contributed by atoms with van der Waals surface area (Å²) in [6.07, 6.45) is 1.05. The molecule has 0 bridgehead atoms. The lowest BCUT2D eigenvalue weighted by Crippen LogP contribution is -2.39. The van der Waals surface area contributed by atoms with Gasteiger partial charge in [0, 0.05) is 13.1 Å². The van der Waals surface area contributed by atoms with Crippen molar-refractivity contribution in [2.45, 2.75) is 27.2 Å². The third-order valence-electron chi connectivity index (χ3n) is 2.49. The first-order valence-corrected chi connectivity index (χ1v) is 6.98. The van der Waals surface area contributed by atoms with Crippen molar-refractivity contribution in [3.63, 3.8) is 0 Å². The summed E-state index contributed by atoms with van der Waals surface area (Å²) in [5.74, 6) is 1.77. The van der Waals surface area contributed by atoms with Gasteiger partial charge in [0.15, 0.2) is 5.96 Å². The normalized spacial score (nSPS) is 10.7. The molecule has 4 nitrogen and oxygen atoms in total. The van der Waals surface area contributed by atoms with Crippen LogP contribution in [0, 0.1) is 6.92 Å². The summed E-state index contributed by atoms with van der Waals surface area (Å²) >= 11 is 0. The molecule has 114 valence electrons. The van der Waals surface area contributed by atoms with Gasteiger partial charge in [0.05, 0.1) is 6.54 Å². The van der Waals surface area contributed by atoms with E-state index in [1.54, 1.807) is 0 Å². The van der Waals surface area contributed by atoms with E-state index in [1.807, 2.05) is 18.2 Å². The minimum Gasteiger partial charge on any atom is -0.492 e. The first-order chi connectivity index (χ1) is 9.26. The first kappa shape index (κ1) is 19.0. The molecule has 0 aliphatic heterocycles. The van der Waals surface area contributed by atoms with Crippen LogP contribution in [0.5, 0.6) is 5.75 Å². The molecule has 20 heavy (non-hydrogen) atoms. The van der Waals surface area contributed by atoms with E-state index in [4.69, 9.17) is 4.74 Å². The number of halogens is 1. The second-order valence-electron chi connectivity index (χ2n) is 4.35. The van der Waals surface area contributed by atoms with Gasteiger partial charge in [0.2, 0.25) is 0 Å². The molecule has 0 aliphatic carbocycles. The number of aryl methyl sites for hydroxylation is 1. The number of benzene rings is 1. The Labute approximate surface area is 139 Å². The highest BCUT2D eigenvalue weighted by molar-refractivity contribution is 14.0. The van der Waals surface area contributed by atoms with Crippen LogP contribution in [0.2, 0.25) is 0 Å². The maximum atomic E-state index is 5.67. The van der Waals surface area contributed by atoms with Crippen LogP contribution in [0.25, 0.3) is 0 Å². The van der Waals surface area contributed by atoms with Gasteiger partial charge in [0.25, 0.3) is 0 Å². The molecule has 0 aliphatic rings. The molecule has 0 radical (unpaired) electrons. The van der Waals surface area contributed by atoms with E-state index in [0.717, 1.165) is 37.8 Å². The van der Waals surface area contributed by atoms with E-state index in [2.05, 4.69) is 42.5 Å². The standard InChI is InChI=1S/C15H25N3O.HI/c1-4-9-17-15(16-5-2)18-10-11-19-14-8-6-7-13(3)12-14;/h6-8,12H,4-5,9-11H2,1-3H3,(H2,16,17,18);1H. The molecule has 0 saturated heterocycles. The van der Waals surface area contributed by atoms with Gasteiger partial charge in [-0.25, -0.2) is 0 Å². The van der Waals surface area contributed by atoms with Crippen molar-refractivity contribution in [1.82, 2.24) is 10.6 Å². The van der Waals surface area contributed by atoms with E-state index in [9.17, 15) is 0 Å². The van der Waals surface area contributed by atoms with E-state index in [-0.39, 0.29) is 24.0 Å². The summed E-state index contributed by atoms with van der Waals surface area (Å²) in [5.41, 5.74) is 1.21. The fraction of sp³-hybridized carbons (Fsp3) is 0.533. The predicted molar refractivity (Wildman–Crippen MR) is 96.4 cm³/mol. The van der Waals surface area contributed by atoms with Crippen LogP contribution in [0.3, 0.4) is 0 Å². The minimum atomic E-state index is 0. The second-order valence-corrected chi connectivity index (χ2v) is 4.35. The molecule has 2 N–H and O–H groups in total. The maximum absolute atomic E-state index is 5.67. The van der Waals surface area contributed by atoms with Crippen molar-refractivity contribution in [2.24, 2.45) is 4.99 Å². The third kappa shape index (κ3) is 8.24. The van der Waals surface area contributed by atoms with Gasteiger partial charge in [-0.05, 0) is 38.0 Å². The average molecular weight is 391 g/mol. The van der Waals surface area contributed by atoms with Crippen molar-refractivity contribution >= 4 is 29.9 Å². The predicted octanol–water partition coefficient (Wildman–Crippen LogP) is 2.96. The fourth-order valence-corrected chi connectivity index (χ4v) is 1.61. The third-order valence-corrected chi connectivity index (χ3v) is 2.49. The van der Waals surface area contributed by atoms with Crippen LogP contribution in [0.1, 0.15) is 25.8 Å². The Hall–Kier alpha value is -0.980. The highest BCUT2D eigenvalue weighted by atomic mass is 127. The van der Waals surface area contributed by atoms with E-state index >= 15 is 0 Å². The summed E-state index contributed by atoms with van der Waals surface area (Å²) in [6.45, 7) is 9.32. The van der Waals surface area contributed by atoms with Gasteiger partial charge in [-0.3, -0.25) is 4.99 Å². The topological polar surface area (TPSA) is 45.7 Å². The maximum Gasteiger partial charge on any atom is 0.191 e. The first-order valence-electron chi connectivity index (χ1n) is 6.98. The molecule has 5 heteroatoms. The van der Waals surface area contributed by atoms with E-state index in [0.29, 0.717) is 6.61 Å². The number of nitrogens with zero attached hydrogens (tertiary/aromatic N) is 1. The number of nitrogens with one attached hydrogen (secondary N) is 2. The van der Waals surface area contributed by atoms with Gasteiger partial charge < -0.3 is 15.4 Å². The molecule has 0 atom stereocenters. The highest BCUT2D eigenvalue weighted by Crippen LogP contribution is 2.11. The largest absolute Gasteiger partial charge is 0.492 e. The second kappa shape index (κ2) is 11.8. The van der Waals surface area contributed by atoms with Crippen LogP contribution >= 0.6 is 24.0 Å². The zero-order valence-corrected chi connectivity index (χ0v) is 14.9. The van der Waals surface area contributed by atoms with Gasteiger partial charge in [-0.2, -0.15) is 0 Å². The molecule has 1 aromatic rings. The van der Waals surface area contributed by atoms with Crippen molar-refractivity contribution < 1.29 is 4.74 Å². The number of rotatable bonds is 7. The van der Waals surface area contributed by atoms with Gasteiger partial charge in [-0.1, -0.05) is 19.1 Å². The summed E-state index contributed by atoms with van der Waals surface area (Å²) in [5, 5.41) is 6.46. The Kier molecular flexibility index (Phi) is 11.2. The lowest BCUT2D eigenvalue weighted by molar-refractivity contribution is 0.321. The molecule has 0 saturated carbocycles. The highest BCUT2D eigenvalue weighted by Gasteiger charge is 1.97. The summed E-state index contributed by atoms with van der Waals surface area (Å²) in [7, 11) is 0. The summed E-state index contributed by atoms with van der Waals surface area (Å²) in [6, 6.07) is 8.08. The van der Waals surface area contributed by atoms with Crippen molar-refractivity contribution in [1.29, 1.82) is 0 Å². The minimum absolute atomic E-state index is 0. The Morgan fingerprint density at radius 2 is 2.05 bits per heavy atom. The zero-order chi connectivity index (χ0) is 13.9. The van der Waals surface area contributed by atoms with E-state index < -0.39 is 0 Å². The van der Waals surface area contributed by atoms with Crippen LogP contribution in [-0.2, 0) is 0 Å². The molecular weight excluding hydrogens is 365 g/mol. The Bertz CT molecular complexity index is 396. The molecular formula is C15H26IN3O. The van der Waals surface area contributed by atoms with E-state index in [1.165, 1.54) is 5.56 Å². The molecule has 0 aromatic heterocycles. The number of aliphatic imine (C=N–C) groups is 1. The number of ether oxygens (including phenoxy) is 1. The summed E-state index contributed by atoms with van der Waals surface area (Å²) < 4.78 is 5.67. The molecule has 1 rings (SSSR count). The fourth-order valence-electron chi connectivity index (χ4n) is 1.61. The Morgan fingerprint density at radius 3 is 2.70 bits per heavy atom. The molecule has 0 unspecified atom stereocenters. The zero-order valence-electron chi connectivity index (χ0n) is 12.6. The SMILES string of the molecule is CCCN=C(NCC)NCCOc1cccc(C)c1.I. The molecule has 0 fully saturated rings. The summed E-state index contributed by atoms with van der Waals surface area (Å²) in [4.78, 5) is 4.43. The van der Waals surface area contributed by atoms with Crippen molar-refractivity contribution in [3.05, 3.63) is 29.8 Å². The number of hydrogen-bond donors (Lipinski definition) is 2. The van der Waals surface area contributed by atoms with Crippen LogP contribution in [0.15, 0.2) is 29.3 Å². The molecule has 0 heterocycles. The number of hydrogen-bond acceptors (Lipinski definition) is 2. The van der Waals surface area contributed by atoms with Crippen LogP contribution < -0.4 is 15.4 Å². The monoisotopic (exact) mass is 391 g/mol. The van der Waals surface area contributed by atoms with Crippen molar-refractivity contribution in [2.75, 3.05) is 26.2 Å². The number of guanidine groups is 1. The van der Waals surface area contributed by atoms with Gasteiger partial charge >= 0.3 is 0 Å². The molecule has 0 spiro atoms. The average Bonchev–Trinajstić information content (AvgIpc) is 2.41. The molecule has 1 aromatic carbocycles. The lowest BCUT2D eigenvalue weighted by Gasteiger charge is -2.12. The van der Waals surface area contributed by atoms with Crippen LogP contribution in [0.4, 0.5) is 0 Å². The Morgan fingerprint density at radius 1 is 1.25 bits per heavy atom. The molecule has 0 amide bonds. The smallest absolute Gasteiger partial charge is 0.191 e. The lowest BCUT2D eigenvalue weighted by atomic mass is 10.2. The Balaban J connectivity index is 0.00000361. The van der Waals surface area contributed by atoms with Gasteiger partial charge in [0.1, 0.15) is 12.4 Å². The van der Waals surface area contributed by atoms with Crippen molar-refractivity contribution in [3.8, 4) is 5.75 Å². The van der Waals surface area contributed by atoms with Crippen LogP contribution in [-0.4, -0.2) is 32.2 Å².